The number of sulfone groups is 1. The molecule has 0 aliphatic carbocycles. The van der Waals surface area contributed by atoms with E-state index in [1.165, 1.54) is 18.3 Å². The molecule has 2 aliphatic rings. The molecule has 7 nitrogen and oxygen atoms in total. The Balaban J connectivity index is 1.40. The number of anilines is 1. The second-order valence-electron chi connectivity index (χ2n) is 9.25. The number of hydrogen-bond donors (Lipinski definition) is 1. The van der Waals surface area contributed by atoms with Crippen LogP contribution in [0.2, 0.25) is 5.02 Å². The van der Waals surface area contributed by atoms with Crippen molar-refractivity contribution in [3.8, 4) is 5.75 Å². The Morgan fingerprint density at radius 3 is 2.42 bits per heavy atom. The Hall–Kier alpha value is -2.39. The van der Waals surface area contributed by atoms with E-state index in [2.05, 4.69) is 15.2 Å². The number of amides is 1. The van der Waals surface area contributed by atoms with E-state index in [0.717, 1.165) is 43.8 Å². The first-order valence-electron chi connectivity index (χ1n) is 10.8. The lowest BCUT2D eigenvalue weighted by molar-refractivity contribution is -0.135. The Bertz CT molecular complexity index is 1140. The summed E-state index contributed by atoms with van der Waals surface area (Å²) in [5.74, 6) is 0.113. The van der Waals surface area contributed by atoms with E-state index >= 15 is 0 Å². The Morgan fingerprint density at radius 2 is 1.88 bits per heavy atom. The molecule has 1 aromatic heterocycles. The lowest BCUT2D eigenvalue weighted by Gasteiger charge is -2.40. The number of benzene rings is 1. The normalized spacial score (nSPS) is 22.8. The highest BCUT2D eigenvalue weighted by Crippen LogP contribution is 2.39. The first kappa shape index (κ1) is 23.8. The van der Waals surface area contributed by atoms with Gasteiger partial charge < -0.3 is 15.0 Å². The summed E-state index contributed by atoms with van der Waals surface area (Å²) in [5.41, 5.74) is -1.19. The second-order valence-corrected chi connectivity index (χ2v) is 11.7. The largest absolute Gasteiger partial charge is 0.478 e. The minimum absolute atomic E-state index is 0.00714. The third-order valence-corrected chi connectivity index (χ3v) is 7.70. The maximum Gasteiger partial charge on any atom is 0.263 e. The first-order valence-corrected chi connectivity index (χ1v) is 13.1. The van der Waals surface area contributed by atoms with Gasteiger partial charge in [-0.1, -0.05) is 11.6 Å². The molecule has 0 saturated carbocycles. The number of carbonyl (C=O) groups is 1. The number of halogens is 2. The maximum absolute atomic E-state index is 13.7. The van der Waals surface area contributed by atoms with Gasteiger partial charge in [-0.05, 0) is 63.8 Å². The van der Waals surface area contributed by atoms with Crippen LogP contribution in [0.1, 0.15) is 39.5 Å². The molecular formula is C23H27ClFN3O4S. The first-order chi connectivity index (χ1) is 15.4. The fourth-order valence-corrected chi connectivity index (χ4v) is 5.33. The van der Waals surface area contributed by atoms with Gasteiger partial charge in [-0.25, -0.2) is 17.8 Å². The van der Waals surface area contributed by atoms with Gasteiger partial charge in [0.2, 0.25) is 0 Å². The summed E-state index contributed by atoms with van der Waals surface area (Å²) in [6.07, 6.45) is 6.04. The van der Waals surface area contributed by atoms with E-state index in [9.17, 15) is 17.6 Å². The molecule has 1 amide bonds. The predicted molar refractivity (Wildman–Crippen MR) is 124 cm³/mol. The molecule has 3 heterocycles. The van der Waals surface area contributed by atoms with Crippen molar-refractivity contribution in [2.45, 2.75) is 68.2 Å². The van der Waals surface area contributed by atoms with Crippen LogP contribution >= 0.6 is 11.6 Å². The van der Waals surface area contributed by atoms with Gasteiger partial charge in [0, 0.05) is 36.6 Å². The highest BCUT2D eigenvalue weighted by Gasteiger charge is 2.43. The number of nitrogens with one attached hydrogen (secondary N) is 1. The van der Waals surface area contributed by atoms with Gasteiger partial charge in [0.25, 0.3) is 5.91 Å². The summed E-state index contributed by atoms with van der Waals surface area (Å²) in [5, 5.41) is 3.09. The average Bonchev–Trinajstić information content (AvgIpc) is 3.00. The standard InChI is InChI=1S/C23H27ClFN3O4S/c1-23(2,32-17-6-8-19(24)20(25)12-17)22(29)27-14-10-15-4-5-16(11-14)28(15)21-9-7-18(13-26-21)33(3,30)31/h6-9,12-16H,4-5,10-11H2,1-3H3,(H,27,29)/t14-,15+,16-. The summed E-state index contributed by atoms with van der Waals surface area (Å²) in [6.45, 7) is 3.29. The Morgan fingerprint density at radius 1 is 1.21 bits per heavy atom. The molecule has 178 valence electrons. The van der Waals surface area contributed by atoms with Crippen LogP contribution in [0.15, 0.2) is 41.4 Å². The lowest BCUT2D eigenvalue weighted by atomic mass is 9.96. The molecule has 0 radical (unpaired) electrons. The molecule has 2 bridgehead atoms. The van der Waals surface area contributed by atoms with Crippen molar-refractivity contribution < 1.29 is 22.3 Å². The number of pyridine rings is 1. The molecule has 33 heavy (non-hydrogen) atoms. The number of hydrogen-bond acceptors (Lipinski definition) is 6. The zero-order valence-electron chi connectivity index (χ0n) is 18.7. The number of aromatic nitrogens is 1. The van der Waals surface area contributed by atoms with Crippen LogP contribution in [0.25, 0.3) is 0 Å². The number of carbonyl (C=O) groups excluding carboxylic acids is 1. The molecule has 2 saturated heterocycles. The smallest absolute Gasteiger partial charge is 0.263 e. The fraction of sp³-hybridized carbons (Fsp3) is 0.478. The third-order valence-electron chi connectivity index (χ3n) is 6.29. The lowest BCUT2D eigenvalue weighted by Crippen LogP contribution is -2.55. The molecule has 1 N–H and O–H groups in total. The van der Waals surface area contributed by atoms with Gasteiger partial charge in [0.1, 0.15) is 17.4 Å². The van der Waals surface area contributed by atoms with Crippen molar-refractivity contribution in [1.29, 1.82) is 0 Å². The molecule has 4 rings (SSSR count). The van der Waals surface area contributed by atoms with E-state index in [1.54, 1.807) is 26.0 Å². The minimum Gasteiger partial charge on any atom is -0.478 e. The number of ether oxygens (including phenoxy) is 1. The second kappa shape index (κ2) is 8.76. The number of piperidine rings is 1. The van der Waals surface area contributed by atoms with E-state index < -0.39 is 21.3 Å². The van der Waals surface area contributed by atoms with Gasteiger partial charge in [-0.3, -0.25) is 4.79 Å². The molecule has 3 atom stereocenters. The Kier molecular flexibility index (Phi) is 6.30. The van der Waals surface area contributed by atoms with Gasteiger partial charge in [-0.2, -0.15) is 0 Å². The van der Waals surface area contributed by atoms with E-state index in [-0.39, 0.29) is 39.7 Å². The van der Waals surface area contributed by atoms with Crippen LogP contribution in [0, 0.1) is 5.82 Å². The van der Waals surface area contributed by atoms with Crippen LogP contribution in [-0.2, 0) is 14.6 Å². The molecular weight excluding hydrogens is 469 g/mol. The highest BCUT2D eigenvalue weighted by atomic mass is 35.5. The summed E-state index contributed by atoms with van der Waals surface area (Å²) in [6, 6.07) is 7.82. The SMILES string of the molecule is CC(C)(Oc1ccc(Cl)c(F)c1)C(=O)N[C@H]1C[C@H]2CC[C@@H](C1)N2c1ccc(S(C)(=O)=O)cn1. The molecule has 0 unspecified atom stereocenters. The number of nitrogens with zero attached hydrogens (tertiary/aromatic N) is 2. The third kappa shape index (κ3) is 5.09. The molecule has 2 fully saturated rings. The van der Waals surface area contributed by atoms with Crippen LogP contribution in [-0.4, -0.2) is 49.3 Å². The average molecular weight is 496 g/mol. The number of fused-ring (bicyclic) bond motifs is 2. The van der Waals surface area contributed by atoms with Gasteiger partial charge >= 0.3 is 0 Å². The van der Waals surface area contributed by atoms with Gasteiger partial charge in [-0.15, -0.1) is 0 Å². The molecule has 2 aliphatic heterocycles. The van der Waals surface area contributed by atoms with Crippen molar-refractivity contribution >= 4 is 33.2 Å². The highest BCUT2D eigenvalue weighted by molar-refractivity contribution is 7.90. The van der Waals surface area contributed by atoms with Crippen molar-refractivity contribution in [1.82, 2.24) is 10.3 Å². The molecule has 10 heteroatoms. The van der Waals surface area contributed by atoms with Crippen molar-refractivity contribution in [3.05, 3.63) is 47.4 Å². The summed E-state index contributed by atoms with van der Waals surface area (Å²) < 4.78 is 42.9. The van der Waals surface area contributed by atoms with E-state index in [1.807, 2.05) is 0 Å². The van der Waals surface area contributed by atoms with E-state index in [0.29, 0.717) is 0 Å². The van der Waals surface area contributed by atoms with E-state index in [4.69, 9.17) is 16.3 Å². The summed E-state index contributed by atoms with van der Waals surface area (Å²) in [7, 11) is -3.29. The van der Waals surface area contributed by atoms with Gasteiger partial charge in [0.15, 0.2) is 15.4 Å². The Labute approximate surface area is 198 Å². The zero-order valence-corrected chi connectivity index (χ0v) is 20.3. The zero-order chi connectivity index (χ0) is 24.0. The van der Waals surface area contributed by atoms with Crippen LogP contribution in [0.5, 0.6) is 5.75 Å². The molecule has 0 spiro atoms. The maximum atomic E-state index is 13.7. The number of rotatable bonds is 6. The fourth-order valence-electron chi connectivity index (χ4n) is 4.65. The van der Waals surface area contributed by atoms with Crippen LogP contribution < -0.4 is 15.0 Å². The topological polar surface area (TPSA) is 88.6 Å². The minimum atomic E-state index is -3.29. The monoisotopic (exact) mass is 495 g/mol. The van der Waals surface area contributed by atoms with Crippen LogP contribution in [0.4, 0.5) is 10.2 Å². The predicted octanol–water partition coefficient (Wildman–Crippen LogP) is 3.75. The quantitative estimate of drug-likeness (QED) is 0.656. The van der Waals surface area contributed by atoms with Gasteiger partial charge in [0.05, 0.1) is 9.92 Å². The summed E-state index contributed by atoms with van der Waals surface area (Å²) in [4.78, 5) is 19.8. The molecule has 2 aromatic rings. The molecule has 1 aromatic carbocycles. The van der Waals surface area contributed by atoms with Crippen molar-refractivity contribution in [2.24, 2.45) is 0 Å². The van der Waals surface area contributed by atoms with Crippen molar-refractivity contribution in [2.75, 3.05) is 11.2 Å². The van der Waals surface area contributed by atoms with Crippen LogP contribution in [0.3, 0.4) is 0 Å². The van der Waals surface area contributed by atoms with Crippen molar-refractivity contribution in [3.63, 3.8) is 0 Å². The summed E-state index contributed by atoms with van der Waals surface area (Å²) >= 11 is 5.72.